The second kappa shape index (κ2) is 16.6. The molecule has 42 heavy (non-hydrogen) atoms. The molecule has 0 atom stereocenters. The average Bonchev–Trinajstić information content (AvgIpc) is 3.67. The van der Waals surface area contributed by atoms with Gasteiger partial charge in [0.05, 0.1) is 0 Å². The van der Waals surface area contributed by atoms with Crippen molar-refractivity contribution in [2.75, 3.05) is 0 Å². The molecule has 0 aromatic heterocycles. The van der Waals surface area contributed by atoms with Crippen molar-refractivity contribution in [1.82, 2.24) is 0 Å². The molecule has 0 fully saturated rings. The fraction of sp³-hybridized carbons (Fsp3) is 0.128. The Hall–Kier alpha value is -2.96. The third-order valence-electron chi connectivity index (χ3n) is 6.97. The summed E-state index contributed by atoms with van der Waals surface area (Å²) >= 11 is 1.46. The summed E-state index contributed by atoms with van der Waals surface area (Å²) in [6, 6.07) is 43.7. The monoisotopic (exact) mass is 664 g/mol. The quantitative estimate of drug-likeness (QED) is 0.251. The summed E-state index contributed by atoms with van der Waals surface area (Å²) in [4.78, 5) is 0. The summed E-state index contributed by atoms with van der Waals surface area (Å²) in [6.07, 6.45) is 4.74. The average molecular weight is 667 g/mol. The first kappa shape index (κ1) is 35.2. The van der Waals surface area contributed by atoms with E-state index >= 15 is 0 Å². The van der Waals surface area contributed by atoms with Gasteiger partial charge in [0.2, 0.25) is 0 Å². The Morgan fingerprint density at radius 3 is 1.83 bits per heavy atom. The van der Waals surface area contributed by atoms with Gasteiger partial charge in [-0.2, -0.15) is 47.5 Å². The second-order valence-electron chi connectivity index (χ2n) is 10.9. The van der Waals surface area contributed by atoms with Gasteiger partial charge in [0.25, 0.3) is 0 Å². The van der Waals surface area contributed by atoms with Gasteiger partial charge in [0, 0.05) is 0 Å². The Balaban J connectivity index is 0.000000225. The van der Waals surface area contributed by atoms with Crippen LogP contribution in [0.1, 0.15) is 59.7 Å². The molecular weight excluding hydrogens is 631 g/mol. The van der Waals surface area contributed by atoms with E-state index in [0.29, 0.717) is 5.41 Å². The van der Waals surface area contributed by atoms with Gasteiger partial charge in [-0.3, -0.25) is 0 Å². The molecule has 212 valence electrons. The molecule has 5 aromatic rings. The standard InChI is InChI=1S/C17H13.C13H10.C9H13.2ClH.Zr/c1-3-12-5-7-14-11-15-8-6-13(4-2)10-17(15)16(14)9-12;1-3-7-12(8-4-1)11-13-9-5-2-6-10-13;1-9(2,3)8-6-4-5-7-8;;;/h3-7,9-10H,1-2,11H2;1-10H;4-7H,1-3H3;2*1H;/q-1;;-1;;;+2/p-2. The first-order valence-electron chi connectivity index (χ1n) is 13.6. The van der Waals surface area contributed by atoms with Crippen molar-refractivity contribution in [2.45, 2.75) is 32.6 Å². The zero-order chi connectivity index (χ0) is 28.5. The molecule has 3 heteroatoms. The molecule has 0 saturated carbocycles. The van der Waals surface area contributed by atoms with Crippen molar-refractivity contribution < 1.29 is 49.0 Å². The van der Waals surface area contributed by atoms with Gasteiger partial charge in [-0.25, -0.2) is 6.07 Å². The van der Waals surface area contributed by atoms with Gasteiger partial charge in [-0.1, -0.05) is 68.2 Å². The Bertz CT molecular complexity index is 1480. The molecule has 0 bridgehead atoms. The van der Waals surface area contributed by atoms with Crippen LogP contribution in [0.4, 0.5) is 0 Å². The molecular formula is C39H36Cl2Zr-2. The first-order valence-corrected chi connectivity index (χ1v) is 14.9. The normalized spacial score (nSPS) is 10.6. The van der Waals surface area contributed by atoms with Crippen molar-refractivity contribution in [3.63, 3.8) is 0 Å². The van der Waals surface area contributed by atoms with Crippen molar-refractivity contribution in [3.8, 4) is 11.1 Å². The minimum absolute atomic E-state index is 0. The SMILES string of the molecule is C=Cc1c[c-]c2c(c1)-c1cc(C=C)ccc1C2.CC(C)(C)c1cc[cH-]c1.[Cl-].[Cl-].[Zr+2]=[C](c1ccccc1)c1ccccc1. The maximum absolute atomic E-state index is 3.82. The van der Waals surface area contributed by atoms with E-state index in [1.165, 1.54) is 71.9 Å². The molecule has 0 unspecified atom stereocenters. The predicted molar refractivity (Wildman–Crippen MR) is 171 cm³/mol. The van der Waals surface area contributed by atoms with Crippen LogP contribution >= 0.6 is 0 Å². The Kier molecular flexibility index (Phi) is 13.9. The van der Waals surface area contributed by atoms with Crippen LogP contribution < -0.4 is 24.8 Å². The Morgan fingerprint density at radius 2 is 1.36 bits per heavy atom. The summed E-state index contributed by atoms with van der Waals surface area (Å²) in [7, 11) is 0. The molecule has 0 radical (unpaired) electrons. The number of benzene rings is 4. The van der Waals surface area contributed by atoms with Crippen LogP contribution in [0, 0.1) is 6.07 Å². The number of hydrogen-bond acceptors (Lipinski definition) is 0. The first-order chi connectivity index (χ1) is 19.3. The molecule has 0 aliphatic heterocycles. The molecule has 1 aliphatic rings. The Morgan fingerprint density at radius 1 is 0.786 bits per heavy atom. The Labute approximate surface area is 279 Å². The molecule has 0 saturated heterocycles. The van der Waals surface area contributed by atoms with Crippen LogP contribution in [0.25, 0.3) is 23.3 Å². The van der Waals surface area contributed by atoms with E-state index < -0.39 is 0 Å². The van der Waals surface area contributed by atoms with Gasteiger partial charge in [0.1, 0.15) is 0 Å². The van der Waals surface area contributed by atoms with E-state index in [1.54, 1.807) is 0 Å². The van der Waals surface area contributed by atoms with Crippen LogP contribution in [-0.2, 0) is 36.1 Å². The third kappa shape index (κ3) is 9.27. The second-order valence-corrected chi connectivity index (χ2v) is 12.1. The summed E-state index contributed by atoms with van der Waals surface area (Å²) in [5.74, 6) is 0. The molecule has 0 nitrogen and oxygen atoms in total. The van der Waals surface area contributed by atoms with E-state index in [-0.39, 0.29) is 24.8 Å². The molecule has 6 rings (SSSR count). The number of rotatable bonds is 4. The fourth-order valence-electron chi connectivity index (χ4n) is 4.61. The molecule has 0 amide bonds. The van der Waals surface area contributed by atoms with Crippen LogP contribution in [0.3, 0.4) is 0 Å². The fourth-order valence-corrected chi connectivity index (χ4v) is 5.43. The van der Waals surface area contributed by atoms with Gasteiger partial charge in [0.15, 0.2) is 0 Å². The summed E-state index contributed by atoms with van der Waals surface area (Å²) in [5.41, 5.74) is 12.0. The van der Waals surface area contributed by atoms with Crippen LogP contribution in [0.5, 0.6) is 0 Å². The molecule has 0 spiro atoms. The van der Waals surface area contributed by atoms with Crippen molar-refractivity contribution in [3.05, 3.63) is 173 Å². The maximum atomic E-state index is 3.82. The zero-order valence-corrected chi connectivity index (χ0v) is 28.5. The van der Waals surface area contributed by atoms with Gasteiger partial charge in [-0.05, 0) is 12.0 Å². The van der Waals surface area contributed by atoms with Crippen LogP contribution in [-0.4, -0.2) is 3.21 Å². The number of fused-ring (bicyclic) bond motifs is 3. The van der Waals surface area contributed by atoms with Gasteiger partial charge < -0.3 is 24.8 Å². The summed E-state index contributed by atoms with van der Waals surface area (Å²) in [6.45, 7) is 14.3. The van der Waals surface area contributed by atoms with Crippen molar-refractivity contribution in [2.24, 2.45) is 0 Å². The van der Waals surface area contributed by atoms with E-state index in [4.69, 9.17) is 0 Å². The van der Waals surface area contributed by atoms with E-state index in [1.807, 2.05) is 18.2 Å². The minimum atomic E-state index is 0. The summed E-state index contributed by atoms with van der Waals surface area (Å²) < 4.78 is 1.42. The van der Waals surface area contributed by atoms with E-state index in [9.17, 15) is 0 Å². The van der Waals surface area contributed by atoms with Gasteiger partial charge >= 0.3 is 99.2 Å². The topological polar surface area (TPSA) is 0 Å². The van der Waals surface area contributed by atoms with Crippen LogP contribution in [0.15, 0.2) is 128 Å². The molecule has 1 aliphatic carbocycles. The number of hydrogen-bond donors (Lipinski definition) is 0. The van der Waals surface area contributed by atoms with Gasteiger partial charge in [-0.15, -0.1) is 23.8 Å². The molecule has 5 aromatic carbocycles. The molecule has 0 N–H and O–H groups in total. The molecule has 0 heterocycles. The predicted octanol–water partition coefficient (Wildman–Crippen LogP) is 3.86. The number of halogens is 2. The van der Waals surface area contributed by atoms with E-state index in [2.05, 4.69) is 149 Å². The summed E-state index contributed by atoms with van der Waals surface area (Å²) in [5, 5.41) is 0. The van der Waals surface area contributed by atoms with Crippen molar-refractivity contribution >= 4 is 15.4 Å². The van der Waals surface area contributed by atoms with Crippen LogP contribution in [0.2, 0.25) is 0 Å². The van der Waals surface area contributed by atoms with Crippen molar-refractivity contribution in [1.29, 1.82) is 0 Å². The third-order valence-corrected chi connectivity index (χ3v) is 8.38. The van der Waals surface area contributed by atoms with E-state index in [0.717, 1.165) is 12.0 Å². The zero-order valence-electron chi connectivity index (χ0n) is 24.5.